The Labute approximate surface area is 167 Å². The van der Waals surface area contributed by atoms with Crippen molar-refractivity contribution in [1.29, 1.82) is 0 Å². The Balaban J connectivity index is 1.49. The molecule has 0 aliphatic heterocycles. The van der Waals surface area contributed by atoms with Crippen molar-refractivity contribution >= 4 is 5.97 Å². The number of allylic oxidation sites excluding steroid dienone is 1. The van der Waals surface area contributed by atoms with E-state index in [0.29, 0.717) is 5.57 Å². The molecule has 0 radical (unpaired) electrons. The van der Waals surface area contributed by atoms with Crippen molar-refractivity contribution in [3.8, 4) is 0 Å². The molecule has 2 rings (SSSR count). The van der Waals surface area contributed by atoms with Crippen molar-refractivity contribution in [3.05, 3.63) is 11.6 Å². The van der Waals surface area contributed by atoms with E-state index in [9.17, 15) is 4.79 Å². The summed E-state index contributed by atoms with van der Waals surface area (Å²) < 4.78 is 5.91. The summed E-state index contributed by atoms with van der Waals surface area (Å²) in [5.41, 5.74) is 0.450. The molecule has 0 amide bonds. The fraction of sp³-hybridized carbons (Fsp3) is 0.875. The lowest BCUT2D eigenvalue weighted by atomic mass is 9.69. The van der Waals surface area contributed by atoms with E-state index in [4.69, 9.17) is 9.84 Å². The molecule has 0 bridgehead atoms. The SMILES string of the molecule is CCCC1CCC(C2CCC(COCCCC/C=C(\C)C(=O)O)CC2)CC1. The monoisotopic (exact) mass is 378 g/mol. The van der Waals surface area contributed by atoms with Gasteiger partial charge < -0.3 is 9.84 Å². The first-order valence-electron chi connectivity index (χ1n) is 11.6. The van der Waals surface area contributed by atoms with Gasteiger partial charge in [0.1, 0.15) is 0 Å². The van der Waals surface area contributed by atoms with Crippen molar-refractivity contribution in [2.45, 2.75) is 97.3 Å². The Kier molecular flexibility index (Phi) is 10.5. The van der Waals surface area contributed by atoms with Crippen LogP contribution in [0, 0.1) is 23.7 Å². The zero-order chi connectivity index (χ0) is 19.5. The number of hydrogen-bond acceptors (Lipinski definition) is 2. The van der Waals surface area contributed by atoms with Gasteiger partial charge in [0, 0.05) is 18.8 Å². The summed E-state index contributed by atoms with van der Waals surface area (Å²) in [6, 6.07) is 0. The van der Waals surface area contributed by atoms with E-state index in [1.807, 2.05) is 6.08 Å². The molecule has 0 spiro atoms. The van der Waals surface area contributed by atoms with E-state index in [2.05, 4.69) is 6.92 Å². The maximum Gasteiger partial charge on any atom is 0.330 e. The quantitative estimate of drug-likeness (QED) is 0.325. The van der Waals surface area contributed by atoms with Crippen LogP contribution in [0.1, 0.15) is 97.3 Å². The summed E-state index contributed by atoms with van der Waals surface area (Å²) in [6.07, 6.45) is 19.0. The molecule has 2 fully saturated rings. The van der Waals surface area contributed by atoms with E-state index in [0.717, 1.165) is 56.1 Å². The van der Waals surface area contributed by atoms with Crippen molar-refractivity contribution in [1.82, 2.24) is 0 Å². The number of carbonyl (C=O) groups is 1. The summed E-state index contributed by atoms with van der Waals surface area (Å²) in [4.78, 5) is 10.7. The Bertz CT molecular complexity index is 441. The summed E-state index contributed by atoms with van der Waals surface area (Å²) in [5, 5.41) is 8.81. The molecule has 0 atom stereocenters. The Morgan fingerprint density at radius 1 is 0.963 bits per heavy atom. The summed E-state index contributed by atoms with van der Waals surface area (Å²) in [7, 11) is 0. The van der Waals surface area contributed by atoms with Crippen molar-refractivity contribution in [3.63, 3.8) is 0 Å². The molecule has 156 valence electrons. The van der Waals surface area contributed by atoms with Crippen LogP contribution in [0.2, 0.25) is 0 Å². The number of rotatable bonds is 11. The Morgan fingerprint density at radius 2 is 1.56 bits per heavy atom. The third-order valence-corrected chi connectivity index (χ3v) is 7.03. The second-order valence-corrected chi connectivity index (χ2v) is 9.11. The number of ether oxygens (including phenoxy) is 1. The largest absolute Gasteiger partial charge is 0.478 e. The first kappa shape index (κ1) is 22.5. The second-order valence-electron chi connectivity index (χ2n) is 9.11. The molecule has 2 saturated carbocycles. The number of aliphatic carboxylic acids is 1. The predicted molar refractivity (Wildman–Crippen MR) is 112 cm³/mol. The van der Waals surface area contributed by atoms with E-state index in [1.54, 1.807) is 6.92 Å². The van der Waals surface area contributed by atoms with Crippen LogP contribution in [0.5, 0.6) is 0 Å². The van der Waals surface area contributed by atoms with Crippen molar-refractivity contribution < 1.29 is 14.6 Å². The minimum Gasteiger partial charge on any atom is -0.478 e. The summed E-state index contributed by atoms with van der Waals surface area (Å²) in [5.74, 6) is 3.00. The molecule has 27 heavy (non-hydrogen) atoms. The molecular weight excluding hydrogens is 336 g/mol. The third-order valence-electron chi connectivity index (χ3n) is 7.03. The maximum atomic E-state index is 10.7. The van der Waals surface area contributed by atoms with E-state index in [-0.39, 0.29) is 0 Å². The molecule has 2 aliphatic carbocycles. The Morgan fingerprint density at radius 3 is 2.11 bits per heavy atom. The molecule has 1 N–H and O–H groups in total. The summed E-state index contributed by atoms with van der Waals surface area (Å²) in [6.45, 7) is 5.74. The molecule has 3 nitrogen and oxygen atoms in total. The predicted octanol–water partition coefficient (Wildman–Crippen LogP) is 6.62. The van der Waals surface area contributed by atoms with Gasteiger partial charge in [-0.2, -0.15) is 0 Å². The van der Waals surface area contributed by atoms with E-state index < -0.39 is 5.97 Å². The van der Waals surface area contributed by atoms with E-state index >= 15 is 0 Å². The highest BCUT2D eigenvalue weighted by atomic mass is 16.5. The van der Waals surface area contributed by atoms with Crippen LogP contribution >= 0.6 is 0 Å². The van der Waals surface area contributed by atoms with Gasteiger partial charge in [-0.05, 0) is 88.4 Å². The van der Waals surface area contributed by atoms with Crippen LogP contribution in [0.15, 0.2) is 11.6 Å². The lowest BCUT2D eigenvalue weighted by Gasteiger charge is -2.37. The van der Waals surface area contributed by atoms with Gasteiger partial charge in [-0.15, -0.1) is 0 Å². The summed E-state index contributed by atoms with van der Waals surface area (Å²) >= 11 is 0. The van der Waals surface area contributed by atoms with Crippen LogP contribution in [0.25, 0.3) is 0 Å². The minimum atomic E-state index is -0.809. The molecular formula is C24H42O3. The second kappa shape index (κ2) is 12.6. The van der Waals surface area contributed by atoms with Gasteiger partial charge in [0.2, 0.25) is 0 Å². The van der Waals surface area contributed by atoms with Gasteiger partial charge in [0.25, 0.3) is 0 Å². The van der Waals surface area contributed by atoms with Gasteiger partial charge in [-0.25, -0.2) is 4.79 Å². The van der Waals surface area contributed by atoms with Crippen molar-refractivity contribution in [2.75, 3.05) is 13.2 Å². The zero-order valence-electron chi connectivity index (χ0n) is 17.8. The Hall–Kier alpha value is -0.830. The number of hydrogen-bond donors (Lipinski definition) is 1. The lowest BCUT2D eigenvalue weighted by Crippen LogP contribution is -2.27. The first-order chi connectivity index (χ1) is 13.1. The average Bonchev–Trinajstić information content (AvgIpc) is 2.68. The van der Waals surface area contributed by atoms with Crippen LogP contribution in [-0.4, -0.2) is 24.3 Å². The molecule has 0 heterocycles. The molecule has 0 saturated heterocycles. The van der Waals surface area contributed by atoms with Gasteiger partial charge in [0.05, 0.1) is 0 Å². The molecule has 3 heteroatoms. The van der Waals surface area contributed by atoms with Gasteiger partial charge >= 0.3 is 5.97 Å². The van der Waals surface area contributed by atoms with Crippen LogP contribution in [0.4, 0.5) is 0 Å². The van der Waals surface area contributed by atoms with Gasteiger partial charge in [-0.3, -0.25) is 0 Å². The van der Waals surface area contributed by atoms with Gasteiger partial charge in [-0.1, -0.05) is 38.7 Å². The lowest BCUT2D eigenvalue weighted by molar-refractivity contribution is -0.132. The normalized spacial score (nSPS) is 29.6. The fourth-order valence-corrected chi connectivity index (χ4v) is 5.19. The highest BCUT2D eigenvalue weighted by Crippen LogP contribution is 2.42. The number of unbranched alkanes of at least 4 members (excludes halogenated alkanes) is 2. The molecule has 2 aliphatic rings. The standard InChI is InChI=1S/C24H42O3/c1-3-7-20-9-13-22(14-10-20)23-15-11-21(12-16-23)18-27-17-6-4-5-8-19(2)24(25)26/h8,20-23H,3-7,9-18H2,1-2H3,(H,25,26)/b19-8+. The zero-order valence-corrected chi connectivity index (χ0v) is 17.8. The van der Waals surface area contributed by atoms with Gasteiger partial charge in [0.15, 0.2) is 0 Å². The highest BCUT2D eigenvalue weighted by Gasteiger charge is 2.30. The van der Waals surface area contributed by atoms with E-state index in [1.165, 1.54) is 64.2 Å². The minimum absolute atomic E-state index is 0.450. The molecule has 0 aromatic carbocycles. The van der Waals surface area contributed by atoms with Crippen LogP contribution in [0.3, 0.4) is 0 Å². The van der Waals surface area contributed by atoms with Crippen molar-refractivity contribution in [2.24, 2.45) is 23.7 Å². The molecule has 0 unspecified atom stereocenters. The third kappa shape index (κ3) is 8.37. The molecule has 0 aromatic rings. The fourth-order valence-electron chi connectivity index (χ4n) is 5.19. The number of carboxylic acid groups (broad SMARTS) is 1. The topological polar surface area (TPSA) is 46.5 Å². The van der Waals surface area contributed by atoms with Crippen LogP contribution < -0.4 is 0 Å². The average molecular weight is 379 g/mol. The molecule has 0 aromatic heterocycles. The van der Waals surface area contributed by atoms with Crippen LogP contribution in [-0.2, 0) is 9.53 Å². The maximum absolute atomic E-state index is 10.7. The smallest absolute Gasteiger partial charge is 0.330 e. The highest BCUT2D eigenvalue weighted by molar-refractivity contribution is 5.85. The first-order valence-corrected chi connectivity index (χ1v) is 11.6. The number of carboxylic acids is 1.